The van der Waals surface area contributed by atoms with Crippen LogP contribution in [0, 0.1) is 5.92 Å². The summed E-state index contributed by atoms with van der Waals surface area (Å²) in [7, 11) is 0. The van der Waals surface area contributed by atoms with Gasteiger partial charge in [0.25, 0.3) is 0 Å². The minimum absolute atomic E-state index is 0.00118. The van der Waals surface area contributed by atoms with Gasteiger partial charge in [-0.2, -0.15) is 0 Å². The summed E-state index contributed by atoms with van der Waals surface area (Å²) in [6.07, 6.45) is 1.39. The fourth-order valence-electron chi connectivity index (χ4n) is 3.44. The van der Waals surface area contributed by atoms with Crippen LogP contribution in [0.4, 0.5) is 16.5 Å². The van der Waals surface area contributed by atoms with Crippen LogP contribution in [0.25, 0.3) is 10.2 Å². The Morgan fingerprint density at radius 3 is 2.54 bits per heavy atom. The summed E-state index contributed by atoms with van der Waals surface area (Å²) in [5.74, 6) is -0.00257. The molecule has 2 aromatic carbocycles. The number of fused-ring (bicyclic) bond motifs is 1. The smallest absolute Gasteiger partial charge is 0.227 e. The molecule has 0 bridgehead atoms. The van der Waals surface area contributed by atoms with Gasteiger partial charge in [0.2, 0.25) is 11.8 Å². The number of benzene rings is 2. The van der Waals surface area contributed by atoms with Crippen molar-refractivity contribution in [3.63, 3.8) is 0 Å². The molecule has 0 spiro atoms. The number of anilines is 3. The molecular formula is C21H22N4O2S. The van der Waals surface area contributed by atoms with Crippen molar-refractivity contribution < 1.29 is 9.59 Å². The number of carbonyl (C=O) groups is 2. The lowest BCUT2D eigenvalue weighted by Gasteiger charge is -2.30. The van der Waals surface area contributed by atoms with Gasteiger partial charge in [0.15, 0.2) is 5.13 Å². The average Bonchev–Trinajstić information content (AvgIpc) is 3.12. The number of hydrogen-bond donors (Lipinski definition) is 2. The largest absolute Gasteiger partial charge is 0.343 e. The summed E-state index contributed by atoms with van der Waals surface area (Å²) >= 11 is 1.55. The van der Waals surface area contributed by atoms with Gasteiger partial charge >= 0.3 is 0 Å². The highest BCUT2D eigenvalue weighted by Crippen LogP contribution is 2.33. The molecule has 2 N–H and O–H groups in total. The first-order valence-electron chi connectivity index (χ1n) is 9.38. The van der Waals surface area contributed by atoms with E-state index in [1.807, 2.05) is 48.5 Å². The molecule has 0 unspecified atom stereocenters. The molecule has 6 nitrogen and oxygen atoms in total. The van der Waals surface area contributed by atoms with Gasteiger partial charge in [-0.1, -0.05) is 35.6 Å². The Labute approximate surface area is 167 Å². The van der Waals surface area contributed by atoms with Gasteiger partial charge in [-0.15, -0.1) is 0 Å². The Morgan fingerprint density at radius 2 is 1.82 bits per heavy atom. The van der Waals surface area contributed by atoms with Crippen LogP contribution >= 0.6 is 11.3 Å². The standard InChI is InChI=1S/C21H22N4O2S/c1-14(26)25-12-10-15(11-13-25)20(27)23-17-8-5-9-18-19(17)24-21(28-18)22-16-6-3-2-4-7-16/h2-9,15H,10-13H2,1H3,(H,22,24)(H,23,27). The predicted molar refractivity (Wildman–Crippen MR) is 113 cm³/mol. The van der Waals surface area contributed by atoms with Crippen LogP contribution in [0.15, 0.2) is 48.5 Å². The lowest BCUT2D eigenvalue weighted by Crippen LogP contribution is -2.40. The molecule has 144 valence electrons. The first-order valence-corrected chi connectivity index (χ1v) is 10.2. The van der Waals surface area contributed by atoms with E-state index < -0.39 is 0 Å². The lowest BCUT2D eigenvalue weighted by molar-refractivity contribution is -0.132. The molecule has 1 saturated heterocycles. The zero-order valence-electron chi connectivity index (χ0n) is 15.6. The molecule has 1 fully saturated rings. The van der Waals surface area contributed by atoms with Crippen LogP contribution in [0.5, 0.6) is 0 Å². The van der Waals surface area contributed by atoms with E-state index in [0.29, 0.717) is 25.9 Å². The number of amides is 2. The van der Waals surface area contributed by atoms with Gasteiger partial charge in [0.1, 0.15) is 5.52 Å². The third kappa shape index (κ3) is 3.99. The average molecular weight is 395 g/mol. The predicted octanol–water partition coefficient (Wildman–Crippen LogP) is 4.24. The van der Waals surface area contributed by atoms with Crippen molar-refractivity contribution in [3.05, 3.63) is 48.5 Å². The van der Waals surface area contributed by atoms with Crippen molar-refractivity contribution in [2.45, 2.75) is 19.8 Å². The highest BCUT2D eigenvalue weighted by atomic mass is 32.1. The van der Waals surface area contributed by atoms with Crippen molar-refractivity contribution >= 4 is 49.9 Å². The van der Waals surface area contributed by atoms with Crippen molar-refractivity contribution in [2.24, 2.45) is 5.92 Å². The number of rotatable bonds is 4. The van der Waals surface area contributed by atoms with Gasteiger partial charge in [-0.05, 0) is 37.1 Å². The highest BCUT2D eigenvalue weighted by Gasteiger charge is 2.26. The monoisotopic (exact) mass is 394 g/mol. The van der Waals surface area contributed by atoms with E-state index in [1.165, 1.54) is 0 Å². The van der Waals surface area contributed by atoms with Crippen LogP contribution in [0.3, 0.4) is 0 Å². The molecule has 1 aliphatic rings. The zero-order chi connectivity index (χ0) is 19.5. The number of nitrogens with one attached hydrogen (secondary N) is 2. The Bertz CT molecular complexity index is 994. The molecule has 2 heterocycles. The second-order valence-electron chi connectivity index (χ2n) is 6.93. The molecule has 3 aromatic rings. The summed E-state index contributed by atoms with van der Waals surface area (Å²) in [6, 6.07) is 15.7. The first-order chi connectivity index (χ1) is 13.6. The maximum atomic E-state index is 12.7. The lowest BCUT2D eigenvalue weighted by atomic mass is 9.96. The number of aromatic nitrogens is 1. The molecule has 1 aliphatic heterocycles. The van der Waals surface area contributed by atoms with E-state index in [9.17, 15) is 9.59 Å². The van der Waals surface area contributed by atoms with Crippen molar-refractivity contribution in [1.82, 2.24) is 9.88 Å². The van der Waals surface area contributed by atoms with E-state index in [0.717, 1.165) is 26.7 Å². The Hall–Kier alpha value is -2.93. The van der Waals surface area contributed by atoms with E-state index >= 15 is 0 Å². The van der Waals surface area contributed by atoms with Crippen LogP contribution in [0.1, 0.15) is 19.8 Å². The number of piperidine rings is 1. The van der Waals surface area contributed by atoms with Crippen LogP contribution in [-0.4, -0.2) is 34.8 Å². The third-order valence-electron chi connectivity index (χ3n) is 5.01. The molecule has 0 saturated carbocycles. The van der Waals surface area contributed by atoms with E-state index in [1.54, 1.807) is 23.2 Å². The third-order valence-corrected chi connectivity index (χ3v) is 5.95. The number of thiazole rings is 1. The van der Waals surface area contributed by atoms with Crippen LogP contribution in [-0.2, 0) is 9.59 Å². The SMILES string of the molecule is CC(=O)N1CCC(C(=O)Nc2cccc3sc(Nc4ccccc4)nc23)CC1. The van der Waals surface area contributed by atoms with Gasteiger partial charge in [-0.3, -0.25) is 9.59 Å². The van der Waals surface area contributed by atoms with Gasteiger partial charge < -0.3 is 15.5 Å². The van der Waals surface area contributed by atoms with E-state index in [2.05, 4.69) is 15.6 Å². The van der Waals surface area contributed by atoms with Gasteiger partial charge in [0.05, 0.1) is 10.4 Å². The van der Waals surface area contributed by atoms with Gasteiger partial charge in [0, 0.05) is 31.6 Å². The summed E-state index contributed by atoms with van der Waals surface area (Å²) < 4.78 is 1.02. The zero-order valence-corrected chi connectivity index (χ0v) is 16.5. The molecule has 4 rings (SSSR count). The Balaban J connectivity index is 1.48. The second kappa shape index (κ2) is 7.98. The number of carbonyl (C=O) groups excluding carboxylic acids is 2. The molecule has 2 amide bonds. The quantitative estimate of drug-likeness (QED) is 0.694. The molecule has 0 atom stereocenters. The Kier molecular flexibility index (Phi) is 5.25. The topological polar surface area (TPSA) is 74.3 Å². The maximum Gasteiger partial charge on any atom is 0.227 e. The highest BCUT2D eigenvalue weighted by molar-refractivity contribution is 7.22. The molecule has 0 radical (unpaired) electrons. The number of hydrogen-bond acceptors (Lipinski definition) is 5. The normalized spacial score (nSPS) is 14.8. The molecule has 28 heavy (non-hydrogen) atoms. The summed E-state index contributed by atoms with van der Waals surface area (Å²) in [5, 5.41) is 7.15. The van der Waals surface area contributed by atoms with E-state index in [4.69, 9.17) is 0 Å². The van der Waals surface area contributed by atoms with E-state index in [-0.39, 0.29) is 17.7 Å². The Morgan fingerprint density at radius 1 is 1.07 bits per heavy atom. The summed E-state index contributed by atoms with van der Waals surface area (Å²) in [5.41, 5.74) is 2.50. The van der Waals surface area contributed by atoms with Crippen molar-refractivity contribution in [1.29, 1.82) is 0 Å². The van der Waals surface area contributed by atoms with Crippen molar-refractivity contribution in [2.75, 3.05) is 23.7 Å². The fourth-order valence-corrected chi connectivity index (χ4v) is 4.35. The summed E-state index contributed by atoms with van der Waals surface area (Å²) in [6.45, 7) is 2.85. The van der Waals surface area contributed by atoms with Crippen molar-refractivity contribution in [3.8, 4) is 0 Å². The number of nitrogens with zero attached hydrogens (tertiary/aromatic N) is 2. The molecule has 0 aliphatic carbocycles. The number of likely N-dealkylation sites (tertiary alicyclic amines) is 1. The first kappa shape index (κ1) is 18.4. The minimum atomic E-state index is -0.0774. The van der Waals surface area contributed by atoms with Gasteiger partial charge in [-0.25, -0.2) is 4.98 Å². The second-order valence-corrected chi connectivity index (χ2v) is 7.96. The molecular weight excluding hydrogens is 372 g/mol. The van der Waals surface area contributed by atoms with Crippen LogP contribution in [0.2, 0.25) is 0 Å². The maximum absolute atomic E-state index is 12.7. The van der Waals surface area contributed by atoms with Crippen LogP contribution < -0.4 is 10.6 Å². The minimum Gasteiger partial charge on any atom is -0.343 e. The fraction of sp³-hybridized carbons (Fsp3) is 0.286. The summed E-state index contributed by atoms with van der Waals surface area (Å²) in [4.78, 5) is 30.7. The molecule has 7 heteroatoms. The number of para-hydroxylation sites is 2. The molecule has 1 aromatic heterocycles.